The van der Waals surface area contributed by atoms with Crippen LogP contribution in [0, 0.1) is 0 Å². The van der Waals surface area contributed by atoms with Gasteiger partial charge in [0.05, 0.1) is 13.7 Å². The Kier molecular flexibility index (Phi) is 3.13. The molecule has 21 heavy (non-hydrogen) atoms. The number of aromatic nitrogens is 2. The molecule has 6 heteroatoms. The number of methoxy groups -OCH3 is 1. The molecule has 3 aromatic rings. The topological polar surface area (TPSA) is 61.4 Å². The predicted molar refractivity (Wildman–Crippen MR) is 75.6 cm³/mol. The van der Waals surface area contributed by atoms with E-state index in [9.17, 15) is 9.59 Å². The van der Waals surface area contributed by atoms with Crippen LogP contribution in [0.25, 0.3) is 11.2 Å². The van der Waals surface area contributed by atoms with Crippen LogP contribution >= 0.6 is 0 Å². The Balaban J connectivity index is 2.36. The fourth-order valence-electron chi connectivity index (χ4n) is 2.41. The van der Waals surface area contributed by atoms with Crippen LogP contribution in [0.4, 0.5) is 0 Å². The highest BCUT2D eigenvalue weighted by atomic mass is 16.5. The van der Waals surface area contributed by atoms with Crippen molar-refractivity contribution in [3.05, 3.63) is 47.9 Å². The van der Waals surface area contributed by atoms with E-state index >= 15 is 0 Å². The van der Waals surface area contributed by atoms with E-state index in [0.717, 1.165) is 5.52 Å². The Morgan fingerprint density at radius 1 is 1.14 bits per heavy atom. The van der Waals surface area contributed by atoms with E-state index in [0.29, 0.717) is 16.9 Å². The molecule has 0 N–H and O–H groups in total. The third-order valence-electron chi connectivity index (χ3n) is 3.30. The van der Waals surface area contributed by atoms with Crippen molar-refractivity contribution < 1.29 is 19.1 Å². The summed E-state index contributed by atoms with van der Waals surface area (Å²) in [5.41, 5.74) is 2.11. The SMILES string of the molecule is CCOC(=O)c1cc(C(=O)OC)c2n1ccc1cccn12. The van der Waals surface area contributed by atoms with Gasteiger partial charge in [0.1, 0.15) is 16.9 Å². The molecule has 3 heterocycles. The van der Waals surface area contributed by atoms with Crippen LogP contribution in [0.1, 0.15) is 27.8 Å². The zero-order valence-electron chi connectivity index (χ0n) is 11.7. The van der Waals surface area contributed by atoms with Crippen molar-refractivity contribution in [1.82, 2.24) is 8.80 Å². The van der Waals surface area contributed by atoms with Crippen LogP contribution < -0.4 is 0 Å². The Morgan fingerprint density at radius 2 is 1.95 bits per heavy atom. The summed E-state index contributed by atoms with van der Waals surface area (Å²) < 4.78 is 13.3. The van der Waals surface area contributed by atoms with E-state index in [2.05, 4.69) is 0 Å². The van der Waals surface area contributed by atoms with Crippen molar-refractivity contribution in [2.24, 2.45) is 0 Å². The first-order chi connectivity index (χ1) is 10.2. The van der Waals surface area contributed by atoms with E-state index in [-0.39, 0.29) is 6.61 Å². The maximum Gasteiger partial charge on any atom is 0.355 e. The highest BCUT2D eigenvalue weighted by molar-refractivity contribution is 6.01. The maximum absolute atomic E-state index is 12.1. The van der Waals surface area contributed by atoms with Gasteiger partial charge >= 0.3 is 11.9 Å². The minimum atomic E-state index is -0.496. The molecule has 108 valence electrons. The van der Waals surface area contributed by atoms with E-state index < -0.39 is 11.9 Å². The van der Waals surface area contributed by atoms with E-state index in [4.69, 9.17) is 9.47 Å². The Morgan fingerprint density at radius 3 is 2.67 bits per heavy atom. The second-order valence-electron chi connectivity index (χ2n) is 4.47. The molecule has 0 fully saturated rings. The molecule has 0 bridgehead atoms. The van der Waals surface area contributed by atoms with Gasteiger partial charge in [0.15, 0.2) is 0 Å². The van der Waals surface area contributed by atoms with Crippen LogP contribution in [-0.4, -0.2) is 34.5 Å². The molecule has 3 aromatic heterocycles. The highest BCUT2D eigenvalue weighted by Crippen LogP contribution is 2.21. The van der Waals surface area contributed by atoms with Crippen molar-refractivity contribution in [2.45, 2.75) is 6.92 Å². The van der Waals surface area contributed by atoms with Gasteiger partial charge in [0.2, 0.25) is 0 Å². The van der Waals surface area contributed by atoms with E-state index in [1.165, 1.54) is 13.2 Å². The predicted octanol–water partition coefficient (Wildman–Crippen LogP) is 2.16. The van der Waals surface area contributed by atoms with Crippen molar-refractivity contribution in [1.29, 1.82) is 0 Å². The molecule has 6 nitrogen and oxygen atoms in total. The van der Waals surface area contributed by atoms with Crippen LogP contribution in [0.5, 0.6) is 0 Å². The summed E-state index contributed by atoms with van der Waals surface area (Å²) in [6.07, 6.45) is 3.56. The Labute approximate surface area is 120 Å². The fourth-order valence-corrected chi connectivity index (χ4v) is 2.41. The number of hydrogen-bond acceptors (Lipinski definition) is 4. The van der Waals surface area contributed by atoms with Crippen molar-refractivity contribution in [3.8, 4) is 0 Å². The highest BCUT2D eigenvalue weighted by Gasteiger charge is 2.22. The summed E-state index contributed by atoms with van der Waals surface area (Å²) in [6.45, 7) is 2.00. The standard InChI is InChI=1S/C15H14N2O4/c1-3-21-15(19)12-9-11(14(18)20-2)13-16-7-4-5-10(16)6-8-17(12)13/h4-9H,3H2,1-2H3. The number of hydrogen-bond donors (Lipinski definition) is 0. The second-order valence-corrected chi connectivity index (χ2v) is 4.47. The lowest BCUT2D eigenvalue weighted by Gasteiger charge is -2.05. The van der Waals surface area contributed by atoms with Crippen LogP contribution in [0.3, 0.4) is 0 Å². The molecular formula is C15H14N2O4. The summed E-state index contributed by atoms with van der Waals surface area (Å²) in [5, 5.41) is 0. The third-order valence-corrected chi connectivity index (χ3v) is 3.30. The summed E-state index contributed by atoms with van der Waals surface area (Å²) in [7, 11) is 1.31. The summed E-state index contributed by atoms with van der Waals surface area (Å²) >= 11 is 0. The van der Waals surface area contributed by atoms with Gasteiger partial charge < -0.3 is 13.9 Å². The molecule has 0 spiro atoms. The number of carbonyl (C=O) groups is 2. The Bertz CT molecular complexity index is 844. The normalized spacial score (nSPS) is 11.0. The second kappa shape index (κ2) is 4.97. The molecule has 0 aliphatic carbocycles. The van der Waals surface area contributed by atoms with E-state index in [1.54, 1.807) is 17.5 Å². The number of esters is 2. The lowest BCUT2D eigenvalue weighted by molar-refractivity contribution is 0.0518. The summed E-state index contributed by atoms with van der Waals surface area (Å²) in [5.74, 6) is -0.974. The number of fused-ring (bicyclic) bond motifs is 3. The van der Waals surface area contributed by atoms with Crippen molar-refractivity contribution in [3.63, 3.8) is 0 Å². The summed E-state index contributed by atoms with van der Waals surface area (Å²) in [4.78, 5) is 24.0. The first-order valence-corrected chi connectivity index (χ1v) is 6.54. The number of carbonyl (C=O) groups excluding carboxylic acids is 2. The average molecular weight is 286 g/mol. The van der Waals surface area contributed by atoms with E-state index in [1.807, 2.05) is 28.8 Å². The van der Waals surface area contributed by atoms with Gasteiger partial charge in [-0.25, -0.2) is 9.59 Å². The van der Waals surface area contributed by atoms with Gasteiger partial charge in [-0.15, -0.1) is 0 Å². The molecule has 0 aromatic carbocycles. The first-order valence-electron chi connectivity index (χ1n) is 6.54. The lowest BCUT2D eigenvalue weighted by Crippen LogP contribution is -2.08. The first kappa shape index (κ1) is 13.2. The van der Waals surface area contributed by atoms with Gasteiger partial charge in [-0.2, -0.15) is 0 Å². The zero-order chi connectivity index (χ0) is 15.0. The van der Waals surface area contributed by atoms with Gasteiger partial charge in [-0.1, -0.05) is 0 Å². The minimum Gasteiger partial charge on any atom is -0.465 e. The molecule has 3 rings (SSSR count). The molecule has 0 unspecified atom stereocenters. The van der Waals surface area contributed by atoms with Crippen molar-refractivity contribution in [2.75, 3.05) is 13.7 Å². The van der Waals surface area contributed by atoms with Gasteiger partial charge in [-0.05, 0) is 31.2 Å². The fraction of sp³-hybridized carbons (Fsp3) is 0.200. The van der Waals surface area contributed by atoms with Crippen LogP contribution in [0.15, 0.2) is 36.7 Å². The van der Waals surface area contributed by atoms with Crippen LogP contribution in [0.2, 0.25) is 0 Å². The number of ether oxygens (including phenoxy) is 2. The van der Waals surface area contributed by atoms with Crippen LogP contribution in [-0.2, 0) is 9.47 Å². The lowest BCUT2D eigenvalue weighted by atomic mass is 10.3. The molecule has 0 saturated heterocycles. The summed E-state index contributed by atoms with van der Waals surface area (Å²) in [6, 6.07) is 7.14. The monoisotopic (exact) mass is 286 g/mol. The van der Waals surface area contributed by atoms with Gasteiger partial charge in [0, 0.05) is 17.9 Å². The molecule has 0 aliphatic heterocycles. The third kappa shape index (κ3) is 1.96. The number of nitrogens with zero attached hydrogens (tertiary/aromatic N) is 2. The van der Waals surface area contributed by atoms with Gasteiger partial charge in [-0.3, -0.25) is 4.40 Å². The smallest absolute Gasteiger partial charge is 0.355 e. The Hall–Kier alpha value is -2.76. The molecule has 0 atom stereocenters. The molecular weight excluding hydrogens is 272 g/mol. The quantitative estimate of drug-likeness (QED) is 0.692. The molecule has 0 aliphatic rings. The molecule has 0 amide bonds. The van der Waals surface area contributed by atoms with Crippen molar-refractivity contribution >= 4 is 23.1 Å². The molecule has 0 saturated carbocycles. The molecule has 0 radical (unpaired) electrons. The maximum atomic E-state index is 12.1. The van der Waals surface area contributed by atoms with Gasteiger partial charge in [0.25, 0.3) is 0 Å². The largest absolute Gasteiger partial charge is 0.465 e. The average Bonchev–Trinajstić information content (AvgIpc) is 3.10. The minimum absolute atomic E-state index is 0.269. The number of rotatable bonds is 3. The zero-order valence-corrected chi connectivity index (χ0v) is 11.7.